The van der Waals surface area contributed by atoms with Crippen molar-refractivity contribution in [1.82, 2.24) is 24.3 Å². The van der Waals surface area contributed by atoms with Crippen LogP contribution in [0.1, 0.15) is 24.0 Å². The van der Waals surface area contributed by atoms with Crippen LogP contribution in [0.3, 0.4) is 0 Å². The second kappa shape index (κ2) is 7.23. The van der Waals surface area contributed by atoms with Crippen molar-refractivity contribution < 1.29 is 4.79 Å². The summed E-state index contributed by atoms with van der Waals surface area (Å²) in [6.07, 6.45) is 5.82. The van der Waals surface area contributed by atoms with E-state index < -0.39 is 0 Å². The van der Waals surface area contributed by atoms with E-state index in [1.54, 1.807) is 4.90 Å². The zero-order chi connectivity index (χ0) is 18.8. The van der Waals surface area contributed by atoms with Gasteiger partial charge in [-0.15, -0.1) is 0 Å². The van der Waals surface area contributed by atoms with Crippen LogP contribution in [0.2, 0.25) is 0 Å². The molecule has 0 unspecified atom stereocenters. The minimum atomic E-state index is 0.0810. The van der Waals surface area contributed by atoms with E-state index in [9.17, 15) is 4.79 Å². The van der Waals surface area contributed by atoms with E-state index in [4.69, 9.17) is 4.98 Å². The van der Waals surface area contributed by atoms with E-state index in [2.05, 4.69) is 22.5 Å². The molecule has 0 bridgehead atoms. The second-order valence-corrected chi connectivity index (χ2v) is 6.75. The SMILES string of the molecule is CCn1c(/C=C/c2ccc(CN3CCN(C)C3=O)cn2)nc2ccccc21. The van der Waals surface area contributed by atoms with E-state index in [0.717, 1.165) is 47.7 Å². The number of imidazole rings is 1. The monoisotopic (exact) mass is 361 g/mol. The van der Waals surface area contributed by atoms with E-state index in [0.29, 0.717) is 6.54 Å². The molecule has 0 N–H and O–H groups in total. The first-order valence-electron chi connectivity index (χ1n) is 9.24. The fourth-order valence-electron chi connectivity index (χ4n) is 3.41. The van der Waals surface area contributed by atoms with Crippen LogP contribution >= 0.6 is 0 Å². The molecule has 3 aromatic rings. The Morgan fingerprint density at radius 3 is 2.67 bits per heavy atom. The first-order valence-corrected chi connectivity index (χ1v) is 9.24. The van der Waals surface area contributed by atoms with Gasteiger partial charge in [-0.2, -0.15) is 0 Å². The number of carbonyl (C=O) groups excluding carboxylic acids is 1. The summed E-state index contributed by atoms with van der Waals surface area (Å²) in [5, 5.41) is 0. The Kier molecular flexibility index (Phi) is 4.62. The van der Waals surface area contributed by atoms with Gasteiger partial charge >= 0.3 is 6.03 Å². The molecule has 6 heteroatoms. The van der Waals surface area contributed by atoms with Crippen molar-refractivity contribution in [3.63, 3.8) is 0 Å². The number of urea groups is 1. The maximum Gasteiger partial charge on any atom is 0.320 e. The number of nitrogens with zero attached hydrogens (tertiary/aromatic N) is 5. The van der Waals surface area contributed by atoms with Crippen molar-refractivity contribution in [3.05, 3.63) is 59.7 Å². The Bertz CT molecular complexity index is 989. The van der Waals surface area contributed by atoms with Crippen molar-refractivity contribution in [2.75, 3.05) is 20.1 Å². The molecule has 0 spiro atoms. The quantitative estimate of drug-likeness (QED) is 0.699. The van der Waals surface area contributed by atoms with Gasteiger partial charge < -0.3 is 14.4 Å². The number of aryl methyl sites for hydroxylation is 1. The molecule has 0 aliphatic carbocycles. The minimum Gasteiger partial charge on any atom is -0.326 e. The molecule has 6 nitrogen and oxygen atoms in total. The molecule has 1 aliphatic rings. The zero-order valence-electron chi connectivity index (χ0n) is 15.7. The molecule has 1 saturated heterocycles. The number of likely N-dealkylation sites (N-methyl/N-ethyl adjacent to an activating group) is 1. The lowest BCUT2D eigenvalue weighted by molar-refractivity contribution is 0.197. The van der Waals surface area contributed by atoms with Crippen molar-refractivity contribution in [2.45, 2.75) is 20.0 Å². The Labute approximate surface area is 158 Å². The number of pyridine rings is 1. The van der Waals surface area contributed by atoms with Gasteiger partial charge in [-0.3, -0.25) is 4.98 Å². The number of carbonyl (C=O) groups is 1. The number of para-hydroxylation sites is 2. The lowest BCUT2D eigenvalue weighted by atomic mass is 10.2. The summed E-state index contributed by atoms with van der Waals surface area (Å²) < 4.78 is 2.19. The van der Waals surface area contributed by atoms with Gasteiger partial charge in [0, 0.05) is 39.4 Å². The van der Waals surface area contributed by atoms with Crippen molar-refractivity contribution >= 4 is 29.2 Å². The highest BCUT2D eigenvalue weighted by Crippen LogP contribution is 2.18. The van der Waals surface area contributed by atoms with Gasteiger partial charge in [0.05, 0.1) is 16.7 Å². The van der Waals surface area contributed by atoms with Crippen LogP contribution in [0.15, 0.2) is 42.6 Å². The highest BCUT2D eigenvalue weighted by Gasteiger charge is 2.24. The lowest BCUT2D eigenvalue weighted by Gasteiger charge is -2.15. The van der Waals surface area contributed by atoms with E-state index >= 15 is 0 Å². The maximum absolute atomic E-state index is 12.0. The van der Waals surface area contributed by atoms with Gasteiger partial charge in [0.1, 0.15) is 5.82 Å². The second-order valence-electron chi connectivity index (χ2n) is 6.75. The highest BCUT2D eigenvalue weighted by atomic mass is 16.2. The third kappa shape index (κ3) is 3.43. The standard InChI is InChI=1S/C21H23N5O/c1-3-26-19-7-5-4-6-18(19)23-20(26)11-10-17-9-8-16(14-22-17)15-25-13-12-24(2)21(25)27/h4-11,14H,3,12-13,15H2,1-2H3/b11-10+. The fourth-order valence-corrected chi connectivity index (χ4v) is 3.41. The summed E-state index contributed by atoms with van der Waals surface area (Å²) in [6, 6.07) is 12.3. The maximum atomic E-state index is 12.0. The molecule has 2 aromatic heterocycles. The number of aromatic nitrogens is 3. The van der Waals surface area contributed by atoms with E-state index in [-0.39, 0.29) is 6.03 Å². The van der Waals surface area contributed by atoms with Crippen LogP contribution < -0.4 is 0 Å². The van der Waals surface area contributed by atoms with Crippen LogP contribution in [0.25, 0.3) is 23.2 Å². The molecular formula is C21H23N5O. The third-order valence-electron chi connectivity index (χ3n) is 4.93. The van der Waals surface area contributed by atoms with Gasteiger partial charge in [0.15, 0.2) is 0 Å². The highest BCUT2D eigenvalue weighted by molar-refractivity contribution is 5.79. The third-order valence-corrected chi connectivity index (χ3v) is 4.93. The van der Waals surface area contributed by atoms with Crippen LogP contribution in [-0.4, -0.2) is 50.5 Å². The van der Waals surface area contributed by atoms with Crippen molar-refractivity contribution in [1.29, 1.82) is 0 Å². The summed E-state index contributed by atoms with van der Waals surface area (Å²) in [7, 11) is 1.83. The van der Waals surface area contributed by atoms with Crippen LogP contribution in [0, 0.1) is 0 Å². The molecule has 27 heavy (non-hydrogen) atoms. The molecule has 0 atom stereocenters. The number of hydrogen-bond acceptors (Lipinski definition) is 3. The topological polar surface area (TPSA) is 54.3 Å². The molecule has 0 radical (unpaired) electrons. The Morgan fingerprint density at radius 1 is 1.11 bits per heavy atom. The molecule has 3 heterocycles. The smallest absolute Gasteiger partial charge is 0.320 e. The van der Waals surface area contributed by atoms with Crippen LogP contribution in [-0.2, 0) is 13.1 Å². The first kappa shape index (κ1) is 17.3. The predicted octanol–water partition coefficient (Wildman–Crippen LogP) is 3.49. The number of fused-ring (bicyclic) bond motifs is 1. The average Bonchev–Trinajstić information content (AvgIpc) is 3.21. The Hall–Kier alpha value is -3.15. The number of rotatable bonds is 5. The van der Waals surface area contributed by atoms with Gasteiger partial charge in [0.2, 0.25) is 0 Å². The Morgan fingerprint density at radius 2 is 1.96 bits per heavy atom. The molecule has 138 valence electrons. The number of amides is 2. The molecule has 1 fully saturated rings. The predicted molar refractivity (Wildman–Crippen MR) is 107 cm³/mol. The summed E-state index contributed by atoms with van der Waals surface area (Å²) in [4.78, 5) is 24.8. The fraction of sp³-hybridized carbons (Fsp3) is 0.286. The van der Waals surface area contributed by atoms with Crippen molar-refractivity contribution in [3.8, 4) is 0 Å². The zero-order valence-corrected chi connectivity index (χ0v) is 15.7. The molecule has 2 amide bonds. The van der Waals surface area contributed by atoms with Gasteiger partial charge in [-0.1, -0.05) is 18.2 Å². The molecule has 0 saturated carbocycles. The van der Waals surface area contributed by atoms with Gasteiger partial charge in [0.25, 0.3) is 0 Å². The summed E-state index contributed by atoms with van der Waals surface area (Å²) in [5.74, 6) is 0.926. The molecular weight excluding hydrogens is 338 g/mol. The van der Waals surface area contributed by atoms with Gasteiger partial charge in [-0.25, -0.2) is 9.78 Å². The first-order chi connectivity index (χ1) is 13.2. The summed E-state index contributed by atoms with van der Waals surface area (Å²) in [6.45, 7) is 5.14. The number of hydrogen-bond donors (Lipinski definition) is 0. The molecule has 4 rings (SSSR count). The van der Waals surface area contributed by atoms with Gasteiger partial charge in [-0.05, 0) is 42.8 Å². The molecule has 1 aromatic carbocycles. The summed E-state index contributed by atoms with van der Waals surface area (Å²) in [5.41, 5.74) is 4.06. The van der Waals surface area contributed by atoms with Crippen LogP contribution in [0.4, 0.5) is 4.79 Å². The van der Waals surface area contributed by atoms with E-state index in [1.165, 1.54) is 0 Å². The van der Waals surface area contributed by atoms with Crippen molar-refractivity contribution in [2.24, 2.45) is 0 Å². The minimum absolute atomic E-state index is 0.0810. The number of benzene rings is 1. The molecule has 1 aliphatic heterocycles. The van der Waals surface area contributed by atoms with E-state index in [1.807, 2.05) is 60.6 Å². The normalized spacial score (nSPS) is 14.8. The van der Waals surface area contributed by atoms with Crippen LogP contribution in [0.5, 0.6) is 0 Å². The largest absolute Gasteiger partial charge is 0.326 e. The lowest BCUT2D eigenvalue weighted by Crippen LogP contribution is -2.28. The summed E-state index contributed by atoms with van der Waals surface area (Å²) >= 11 is 0. The Balaban J connectivity index is 1.49. The average molecular weight is 361 g/mol.